The third kappa shape index (κ3) is 3.75. The van der Waals surface area contributed by atoms with Crippen LogP contribution < -0.4 is 0 Å². The maximum Gasteiger partial charge on any atom is 0.274 e. The number of likely N-dealkylation sites (tertiary alicyclic amines) is 1. The number of rotatable bonds is 3. The smallest absolute Gasteiger partial charge is 0.274 e. The van der Waals surface area contributed by atoms with E-state index >= 15 is 0 Å². The predicted molar refractivity (Wildman–Crippen MR) is 63.7 cm³/mol. The Morgan fingerprint density at radius 2 is 2.17 bits per heavy atom. The first-order valence-electron chi connectivity index (χ1n) is 6.07. The molecule has 1 unspecified atom stereocenters. The maximum atomic E-state index is 11.1. The highest BCUT2D eigenvalue weighted by molar-refractivity contribution is 5.73. The quantitative estimate of drug-likeness (QED) is 0.467. The van der Waals surface area contributed by atoms with E-state index in [1.54, 1.807) is 17.0 Å². The van der Waals surface area contributed by atoms with Crippen LogP contribution in [0.25, 0.3) is 0 Å². The summed E-state index contributed by atoms with van der Waals surface area (Å²) in [6.07, 6.45) is 0.577. The topological polar surface area (TPSA) is 68.4 Å². The Hall–Kier alpha value is -1.53. The highest BCUT2D eigenvalue weighted by Gasteiger charge is 2.30. The molecule has 7 nitrogen and oxygen atoms in total. The van der Waals surface area contributed by atoms with Gasteiger partial charge in [-0.25, -0.2) is 5.21 Å². The van der Waals surface area contributed by atoms with Crippen molar-refractivity contribution in [3.63, 3.8) is 0 Å². The van der Waals surface area contributed by atoms with E-state index in [4.69, 9.17) is 4.84 Å². The second kappa shape index (κ2) is 5.41. The first-order valence-corrected chi connectivity index (χ1v) is 6.07. The molecule has 1 rings (SSSR count). The van der Waals surface area contributed by atoms with Gasteiger partial charge in [-0.3, -0.25) is 4.79 Å². The first-order chi connectivity index (χ1) is 8.21. The van der Waals surface area contributed by atoms with Crippen LogP contribution in [0.3, 0.4) is 0 Å². The molecular formula is C11H23N4O3+. The highest BCUT2D eigenvalue weighted by atomic mass is 16.7. The largest absolute Gasteiger partial charge is 0.339 e. The Morgan fingerprint density at radius 3 is 2.61 bits per heavy atom. The summed E-state index contributed by atoms with van der Waals surface area (Å²) in [7, 11) is 1.71. The van der Waals surface area contributed by atoms with Crippen molar-refractivity contribution < 1.29 is 19.8 Å². The number of hydrogen-bond acceptors (Lipinski definition) is 3. The number of hydrogen-bond donors (Lipinski definition) is 1. The standard InChI is InChI=1S/C11H23N4O3/c1-9(16)14-7-6-10(8-14)18-12-15(17)13(5)11(2,3)4/h10H,6-8H2,1-5H3,(H,12,17)/q+1. The van der Waals surface area contributed by atoms with Crippen molar-refractivity contribution in [3.05, 3.63) is 0 Å². The van der Waals surface area contributed by atoms with Gasteiger partial charge in [-0.05, 0) is 20.8 Å². The number of carbonyl (C=O) groups is 1. The third-order valence-corrected chi connectivity index (χ3v) is 3.10. The summed E-state index contributed by atoms with van der Waals surface area (Å²) in [5.41, 5.74) is -0.261. The molecule has 18 heavy (non-hydrogen) atoms. The van der Waals surface area contributed by atoms with Gasteiger partial charge in [0.15, 0.2) is 6.10 Å². The third-order valence-electron chi connectivity index (χ3n) is 3.10. The van der Waals surface area contributed by atoms with Gasteiger partial charge in [0, 0.05) is 19.9 Å². The average molecular weight is 259 g/mol. The number of nitrogens with zero attached hydrogens (tertiary/aromatic N) is 4. The van der Waals surface area contributed by atoms with Gasteiger partial charge in [-0.1, -0.05) is 0 Å². The lowest BCUT2D eigenvalue weighted by Crippen LogP contribution is -2.43. The van der Waals surface area contributed by atoms with Gasteiger partial charge in [-0.15, -0.1) is 5.01 Å². The minimum atomic E-state index is -0.261. The first kappa shape index (κ1) is 14.5. The van der Waals surface area contributed by atoms with Gasteiger partial charge < -0.3 is 9.74 Å². The molecule has 0 saturated carbocycles. The Morgan fingerprint density at radius 1 is 1.56 bits per heavy atom. The molecule has 1 fully saturated rings. The van der Waals surface area contributed by atoms with Crippen molar-refractivity contribution in [2.75, 3.05) is 20.1 Å². The Balaban J connectivity index is 2.48. The van der Waals surface area contributed by atoms with E-state index in [-0.39, 0.29) is 17.6 Å². The summed E-state index contributed by atoms with van der Waals surface area (Å²) in [6.45, 7) is 8.56. The minimum Gasteiger partial charge on any atom is -0.339 e. The molecule has 0 bridgehead atoms. The van der Waals surface area contributed by atoms with Crippen LogP contribution >= 0.6 is 0 Å². The molecule has 7 heteroatoms. The number of amides is 1. The van der Waals surface area contributed by atoms with E-state index in [1.165, 1.54) is 6.92 Å². The van der Waals surface area contributed by atoms with Gasteiger partial charge in [-0.2, -0.15) is 0 Å². The normalized spacial score (nSPS) is 21.1. The molecule has 1 saturated heterocycles. The molecule has 104 valence electrons. The van der Waals surface area contributed by atoms with Crippen LogP contribution in [-0.4, -0.2) is 57.8 Å². The van der Waals surface area contributed by atoms with E-state index in [0.29, 0.717) is 18.1 Å². The summed E-state index contributed by atoms with van der Waals surface area (Å²) in [5.74, 6) is 0.0359. The van der Waals surface area contributed by atoms with Crippen molar-refractivity contribution in [1.29, 1.82) is 0 Å². The van der Waals surface area contributed by atoms with Gasteiger partial charge in [0.25, 0.3) is 10.2 Å². The predicted octanol–water partition coefficient (Wildman–Crippen LogP) is 1.04. The summed E-state index contributed by atoms with van der Waals surface area (Å²) in [6, 6.07) is 0. The lowest BCUT2D eigenvalue weighted by molar-refractivity contribution is -0.946. The van der Waals surface area contributed by atoms with Crippen LogP contribution in [0, 0.1) is 0 Å². The van der Waals surface area contributed by atoms with Crippen LogP contribution in [-0.2, 0) is 9.63 Å². The molecule has 1 heterocycles. The molecule has 1 amide bonds. The Bertz CT molecular complexity index is 338. The minimum absolute atomic E-state index is 0.0359. The molecular weight excluding hydrogens is 236 g/mol. The zero-order chi connectivity index (χ0) is 13.9. The van der Waals surface area contributed by atoms with Gasteiger partial charge in [0.05, 0.1) is 19.1 Å². The fourth-order valence-electron chi connectivity index (χ4n) is 1.53. The van der Waals surface area contributed by atoms with Crippen LogP contribution in [0.15, 0.2) is 5.28 Å². The molecule has 1 N–H and O–H groups in total. The molecule has 0 aromatic carbocycles. The Labute approximate surface area is 108 Å². The van der Waals surface area contributed by atoms with Gasteiger partial charge >= 0.3 is 0 Å². The lowest BCUT2D eigenvalue weighted by Gasteiger charge is -2.22. The van der Waals surface area contributed by atoms with Crippen molar-refractivity contribution >= 4 is 5.91 Å². The van der Waals surface area contributed by atoms with Gasteiger partial charge in [0.1, 0.15) is 0 Å². The monoisotopic (exact) mass is 259 g/mol. The van der Waals surface area contributed by atoms with Crippen molar-refractivity contribution in [3.8, 4) is 0 Å². The second-order valence-electron chi connectivity index (χ2n) is 5.53. The zero-order valence-corrected chi connectivity index (χ0v) is 11.8. The fourth-order valence-corrected chi connectivity index (χ4v) is 1.53. The molecule has 0 aliphatic carbocycles. The van der Waals surface area contributed by atoms with Gasteiger partial charge in [0.2, 0.25) is 5.91 Å². The van der Waals surface area contributed by atoms with E-state index in [2.05, 4.69) is 5.28 Å². The average Bonchev–Trinajstić information content (AvgIpc) is 2.72. The molecule has 1 aliphatic heterocycles. The number of carbonyl (C=O) groups excluding carboxylic acids is 1. The van der Waals surface area contributed by atoms with E-state index in [0.717, 1.165) is 6.42 Å². The zero-order valence-electron chi connectivity index (χ0n) is 11.8. The molecule has 1 aliphatic rings. The molecule has 0 radical (unpaired) electrons. The summed E-state index contributed by atoms with van der Waals surface area (Å²) < 4.78 is 0. The van der Waals surface area contributed by atoms with Crippen LogP contribution in [0.2, 0.25) is 0 Å². The number of hydrazine groups is 1. The summed E-state index contributed by atoms with van der Waals surface area (Å²) in [5, 5.41) is 14.9. The fraction of sp³-hybridized carbons (Fsp3) is 0.909. The van der Waals surface area contributed by atoms with Crippen molar-refractivity contribution in [2.24, 2.45) is 5.28 Å². The lowest BCUT2D eigenvalue weighted by atomic mass is 10.1. The highest BCUT2D eigenvalue weighted by Crippen LogP contribution is 2.14. The molecule has 0 aromatic heterocycles. The molecule has 0 aromatic rings. The van der Waals surface area contributed by atoms with Crippen molar-refractivity contribution in [1.82, 2.24) is 9.91 Å². The maximum absolute atomic E-state index is 11.1. The molecule has 0 spiro atoms. The van der Waals surface area contributed by atoms with Crippen LogP contribution in [0.4, 0.5) is 0 Å². The van der Waals surface area contributed by atoms with Crippen LogP contribution in [0.1, 0.15) is 34.1 Å². The van der Waals surface area contributed by atoms with E-state index in [9.17, 15) is 10.0 Å². The summed E-state index contributed by atoms with van der Waals surface area (Å²) in [4.78, 5) is 18.8. The van der Waals surface area contributed by atoms with Crippen molar-refractivity contribution in [2.45, 2.75) is 45.8 Å². The second-order valence-corrected chi connectivity index (χ2v) is 5.53. The molecule has 1 atom stereocenters. The summed E-state index contributed by atoms with van der Waals surface area (Å²) >= 11 is 0. The Kier molecular flexibility index (Phi) is 4.37. The van der Waals surface area contributed by atoms with E-state index in [1.807, 2.05) is 20.8 Å². The van der Waals surface area contributed by atoms with E-state index < -0.39 is 0 Å². The van der Waals surface area contributed by atoms with Crippen LogP contribution in [0.5, 0.6) is 0 Å². The SMILES string of the molecule is CC(=O)N1CCC(ON=[N+](O)N(C)C(C)(C)C)C1.